The van der Waals surface area contributed by atoms with Crippen LogP contribution in [0.25, 0.3) is 0 Å². The molecule has 1 unspecified atom stereocenters. The third kappa shape index (κ3) is 4.08. The van der Waals surface area contributed by atoms with E-state index in [1.807, 2.05) is 43.4 Å². The van der Waals surface area contributed by atoms with E-state index in [-0.39, 0.29) is 0 Å². The molecule has 0 radical (unpaired) electrons. The Morgan fingerprint density at radius 2 is 2.12 bits per heavy atom. The number of hydrogen-bond acceptors (Lipinski definition) is 6. The summed E-state index contributed by atoms with van der Waals surface area (Å²) >= 11 is 3.37. The van der Waals surface area contributed by atoms with Gasteiger partial charge in [-0.1, -0.05) is 0 Å². The number of likely N-dealkylation sites (tertiary alicyclic amines) is 1. The van der Waals surface area contributed by atoms with Crippen LogP contribution < -0.4 is 9.80 Å². The zero-order chi connectivity index (χ0) is 17.1. The lowest BCUT2D eigenvalue weighted by Gasteiger charge is -2.37. The van der Waals surface area contributed by atoms with Gasteiger partial charge in [-0.2, -0.15) is 4.98 Å². The highest BCUT2D eigenvalue weighted by Gasteiger charge is 2.25. The molecule has 1 saturated heterocycles. The maximum Gasteiger partial charge on any atom is 0.227 e. The Morgan fingerprint density at radius 3 is 2.83 bits per heavy atom. The van der Waals surface area contributed by atoms with Crippen molar-refractivity contribution in [1.29, 1.82) is 0 Å². The number of likely N-dealkylation sites (N-methyl/N-ethyl adjacent to an activating group) is 1. The summed E-state index contributed by atoms with van der Waals surface area (Å²) in [5.74, 6) is 2.71. The molecular weight excluding hydrogens is 370 g/mol. The maximum atomic E-state index is 5.64. The number of aromatic nitrogens is 2. The summed E-state index contributed by atoms with van der Waals surface area (Å²) in [6.07, 6.45) is 4.16. The van der Waals surface area contributed by atoms with E-state index in [1.54, 1.807) is 0 Å². The van der Waals surface area contributed by atoms with Gasteiger partial charge in [0.15, 0.2) is 4.67 Å². The Morgan fingerprint density at radius 1 is 1.29 bits per heavy atom. The third-order valence-electron chi connectivity index (χ3n) is 4.44. The summed E-state index contributed by atoms with van der Waals surface area (Å²) in [6, 6.07) is 6.32. The van der Waals surface area contributed by atoms with Crippen molar-refractivity contribution < 1.29 is 4.42 Å². The van der Waals surface area contributed by atoms with Crippen LogP contribution in [-0.4, -0.2) is 55.1 Å². The van der Waals surface area contributed by atoms with Crippen molar-refractivity contribution in [3.8, 4) is 0 Å². The lowest BCUT2D eigenvalue weighted by molar-refractivity contribution is 0.184. The maximum absolute atomic E-state index is 5.64. The molecule has 0 spiro atoms. The molecule has 0 amide bonds. The largest absolute Gasteiger partial charge is 0.453 e. The Kier molecular flexibility index (Phi) is 5.40. The first kappa shape index (κ1) is 17.2. The second-order valence-corrected chi connectivity index (χ2v) is 7.24. The van der Waals surface area contributed by atoms with E-state index >= 15 is 0 Å². The topological polar surface area (TPSA) is 48.6 Å². The van der Waals surface area contributed by atoms with Crippen LogP contribution in [0.3, 0.4) is 0 Å². The number of rotatable bonds is 5. The number of halogens is 1. The molecule has 24 heavy (non-hydrogen) atoms. The standard InChI is InChI=1S/C17H24BrN5O/c1-21(2)16-8-9-19-17(20-16)22(3)13-5-4-10-23(11-13)12-14-6-7-15(18)24-14/h6-9,13H,4-5,10-12H2,1-3H3. The third-order valence-corrected chi connectivity index (χ3v) is 4.86. The van der Waals surface area contributed by atoms with E-state index in [0.29, 0.717) is 6.04 Å². The van der Waals surface area contributed by atoms with Crippen molar-refractivity contribution in [3.63, 3.8) is 0 Å². The van der Waals surface area contributed by atoms with Crippen LogP contribution in [0, 0.1) is 0 Å². The van der Waals surface area contributed by atoms with E-state index in [0.717, 1.165) is 48.3 Å². The van der Waals surface area contributed by atoms with Gasteiger partial charge in [-0.15, -0.1) is 0 Å². The number of hydrogen-bond donors (Lipinski definition) is 0. The van der Waals surface area contributed by atoms with Crippen LogP contribution in [0.4, 0.5) is 11.8 Å². The highest BCUT2D eigenvalue weighted by Crippen LogP contribution is 2.22. The van der Waals surface area contributed by atoms with Crippen LogP contribution >= 0.6 is 15.9 Å². The van der Waals surface area contributed by atoms with Gasteiger partial charge in [0.25, 0.3) is 0 Å². The van der Waals surface area contributed by atoms with E-state index in [1.165, 1.54) is 6.42 Å². The smallest absolute Gasteiger partial charge is 0.227 e. The van der Waals surface area contributed by atoms with Gasteiger partial charge >= 0.3 is 0 Å². The Balaban J connectivity index is 1.66. The van der Waals surface area contributed by atoms with Gasteiger partial charge < -0.3 is 14.2 Å². The van der Waals surface area contributed by atoms with Crippen molar-refractivity contribution in [2.24, 2.45) is 0 Å². The molecule has 1 aliphatic heterocycles. The van der Waals surface area contributed by atoms with Crippen LogP contribution in [-0.2, 0) is 6.54 Å². The van der Waals surface area contributed by atoms with Crippen LogP contribution in [0.5, 0.6) is 0 Å². The van der Waals surface area contributed by atoms with E-state index < -0.39 is 0 Å². The summed E-state index contributed by atoms with van der Waals surface area (Å²) in [6.45, 7) is 2.93. The first-order valence-electron chi connectivity index (χ1n) is 8.22. The fraction of sp³-hybridized carbons (Fsp3) is 0.529. The lowest BCUT2D eigenvalue weighted by Crippen LogP contribution is -2.46. The first-order chi connectivity index (χ1) is 11.5. The predicted molar refractivity (Wildman–Crippen MR) is 99.5 cm³/mol. The number of furan rings is 1. The monoisotopic (exact) mass is 393 g/mol. The fourth-order valence-electron chi connectivity index (χ4n) is 3.07. The molecule has 0 aliphatic carbocycles. The van der Waals surface area contributed by atoms with Gasteiger partial charge in [0.05, 0.1) is 6.54 Å². The SMILES string of the molecule is CN(C)c1ccnc(N(C)C2CCCN(Cc3ccc(Br)o3)C2)n1. The Hall–Kier alpha value is -1.60. The molecule has 1 atom stereocenters. The number of nitrogens with zero attached hydrogens (tertiary/aromatic N) is 5. The van der Waals surface area contributed by atoms with Crippen LogP contribution in [0.15, 0.2) is 33.5 Å². The molecule has 0 bridgehead atoms. The Bertz CT molecular complexity index is 675. The summed E-state index contributed by atoms with van der Waals surface area (Å²) in [4.78, 5) is 15.8. The minimum absolute atomic E-state index is 0.412. The fourth-order valence-corrected chi connectivity index (χ4v) is 3.41. The summed E-state index contributed by atoms with van der Waals surface area (Å²) < 4.78 is 6.43. The van der Waals surface area contributed by atoms with Crippen molar-refractivity contribution in [2.45, 2.75) is 25.4 Å². The van der Waals surface area contributed by atoms with Crippen LogP contribution in [0.2, 0.25) is 0 Å². The van der Waals surface area contributed by atoms with Crippen molar-refractivity contribution >= 4 is 27.7 Å². The lowest BCUT2D eigenvalue weighted by atomic mass is 10.0. The molecule has 1 fully saturated rings. The van der Waals surface area contributed by atoms with Crippen molar-refractivity contribution in [1.82, 2.24) is 14.9 Å². The number of piperidine rings is 1. The minimum atomic E-state index is 0.412. The molecule has 1 aliphatic rings. The molecule has 2 aromatic heterocycles. The highest BCUT2D eigenvalue weighted by atomic mass is 79.9. The van der Waals surface area contributed by atoms with Crippen molar-refractivity contribution in [2.75, 3.05) is 44.0 Å². The normalized spacial score (nSPS) is 18.6. The van der Waals surface area contributed by atoms with E-state index in [4.69, 9.17) is 4.42 Å². The van der Waals surface area contributed by atoms with Gasteiger partial charge in [0.1, 0.15) is 11.6 Å². The molecule has 0 aromatic carbocycles. The second-order valence-electron chi connectivity index (χ2n) is 6.46. The van der Waals surface area contributed by atoms with Crippen molar-refractivity contribution in [3.05, 3.63) is 34.8 Å². The molecule has 2 aromatic rings. The van der Waals surface area contributed by atoms with Gasteiger partial charge in [-0.3, -0.25) is 4.90 Å². The van der Waals surface area contributed by atoms with Crippen LogP contribution in [0.1, 0.15) is 18.6 Å². The molecule has 6 nitrogen and oxygen atoms in total. The molecule has 0 saturated carbocycles. The van der Waals surface area contributed by atoms with Gasteiger partial charge in [0.2, 0.25) is 5.95 Å². The predicted octanol–water partition coefficient (Wildman–Crippen LogP) is 3.00. The number of anilines is 2. The highest BCUT2D eigenvalue weighted by molar-refractivity contribution is 9.10. The van der Waals surface area contributed by atoms with Gasteiger partial charge in [-0.25, -0.2) is 4.98 Å². The summed E-state index contributed by atoms with van der Waals surface area (Å²) in [7, 11) is 6.08. The van der Waals surface area contributed by atoms with Gasteiger partial charge in [0, 0.05) is 39.9 Å². The summed E-state index contributed by atoms with van der Waals surface area (Å²) in [5, 5.41) is 0. The molecule has 130 valence electrons. The molecule has 0 N–H and O–H groups in total. The second kappa shape index (κ2) is 7.53. The van der Waals surface area contributed by atoms with Gasteiger partial charge in [-0.05, 0) is 53.5 Å². The quantitative estimate of drug-likeness (QED) is 0.777. The molecule has 3 rings (SSSR count). The average Bonchev–Trinajstić information content (AvgIpc) is 2.99. The first-order valence-corrected chi connectivity index (χ1v) is 9.02. The van der Waals surface area contributed by atoms with E-state index in [9.17, 15) is 0 Å². The zero-order valence-corrected chi connectivity index (χ0v) is 16.0. The molecule has 3 heterocycles. The Labute approximate surface area is 151 Å². The minimum Gasteiger partial charge on any atom is -0.453 e. The molecule has 7 heteroatoms. The van der Waals surface area contributed by atoms with E-state index in [2.05, 4.69) is 42.7 Å². The summed E-state index contributed by atoms with van der Waals surface area (Å²) in [5.41, 5.74) is 0. The average molecular weight is 394 g/mol. The molecular formula is C17H24BrN5O. The zero-order valence-electron chi connectivity index (χ0n) is 14.4.